The molecule has 1 aromatic carbocycles. The molecule has 6 heteroatoms. The Balaban J connectivity index is 1.55. The third-order valence-electron chi connectivity index (χ3n) is 4.43. The Bertz CT molecular complexity index is 710. The van der Waals surface area contributed by atoms with Crippen molar-refractivity contribution in [3.05, 3.63) is 51.7 Å². The molecule has 0 spiro atoms. The summed E-state index contributed by atoms with van der Waals surface area (Å²) in [6, 6.07) is 8.46. The van der Waals surface area contributed by atoms with E-state index in [9.17, 15) is 0 Å². The van der Waals surface area contributed by atoms with Gasteiger partial charge >= 0.3 is 0 Å². The molecule has 3 rings (SSSR count). The van der Waals surface area contributed by atoms with E-state index in [1.165, 1.54) is 11.1 Å². The molecule has 26 heavy (non-hydrogen) atoms. The number of guanidine groups is 1. The molecule has 1 saturated heterocycles. The maximum Gasteiger partial charge on any atom is 0.191 e. The van der Waals surface area contributed by atoms with Crippen molar-refractivity contribution in [2.24, 2.45) is 10.9 Å². The number of aliphatic imine (C=N–C) groups is 1. The SMILES string of the molecule is CN=C(NCc1ccsc1)NCc1ccc(C)cc1OCC1CCOC1. The van der Waals surface area contributed by atoms with Crippen molar-refractivity contribution in [3.63, 3.8) is 0 Å². The highest BCUT2D eigenvalue weighted by Gasteiger charge is 2.17. The Morgan fingerprint density at radius 3 is 2.92 bits per heavy atom. The quantitative estimate of drug-likeness (QED) is 0.577. The zero-order valence-electron chi connectivity index (χ0n) is 15.5. The lowest BCUT2D eigenvalue weighted by molar-refractivity contribution is 0.166. The molecule has 0 saturated carbocycles. The van der Waals surface area contributed by atoms with E-state index in [0.717, 1.165) is 43.5 Å². The maximum absolute atomic E-state index is 6.11. The van der Waals surface area contributed by atoms with Gasteiger partial charge in [-0.15, -0.1) is 0 Å². The predicted octanol–water partition coefficient (Wildman–Crippen LogP) is 3.34. The fraction of sp³-hybridized carbons (Fsp3) is 0.450. The van der Waals surface area contributed by atoms with Crippen LogP contribution in [0.15, 0.2) is 40.0 Å². The summed E-state index contributed by atoms with van der Waals surface area (Å²) in [6.45, 7) is 5.88. The number of hydrogen-bond donors (Lipinski definition) is 2. The summed E-state index contributed by atoms with van der Waals surface area (Å²) in [4.78, 5) is 4.30. The van der Waals surface area contributed by atoms with Crippen LogP contribution in [0.2, 0.25) is 0 Å². The summed E-state index contributed by atoms with van der Waals surface area (Å²) in [5.41, 5.74) is 3.59. The van der Waals surface area contributed by atoms with E-state index < -0.39 is 0 Å². The molecule has 1 atom stereocenters. The maximum atomic E-state index is 6.11. The van der Waals surface area contributed by atoms with Gasteiger partial charge in [-0.25, -0.2) is 0 Å². The molecule has 0 bridgehead atoms. The molecule has 5 nitrogen and oxygen atoms in total. The first-order valence-corrected chi connectivity index (χ1v) is 9.94. The summed E-state index contributed by atoms with van der Waals surface area (Å²) in [7, 11) is 1.79. The highest BCUT2D eigenvalue weighted by molar-refractivity contribution is 7.07. The second-order valence-corrected chi connectivity index (χ2v) is 7.34. The van der Waals surface area contributed by atoms with Gasteiger partial charge in [-0.05, 0) is 47.4 Å². The van der Waals surface area contributed by atoms with Crippen LogP contribution in [-0.2, 0) is 17.8 Å². The molecule has 0 radical (unpaired) electrons. The lowest BCUT2D eigenvalue weighted by Crippen LogP contribution is -2.36. The van der Waals surface area contributed by atoms with Gasteiger partial charge in [-0.3, -0.25) is 4.99 Å². The second-order valence-electron chi connectivity index (χ2n) is 6.56. The van der Waals surface area contributed by atoms with Crippen LogP contribution >= 0.6 is 11.3 Å². The normalized spacial score (nSPS) is 17.3. The molecular weight excluding hydrogens is 346 g/mol. The fourth-order valence-electron chi connectivity index (χ4n) is 2.84. The number of ether oxygens (including phenoxy) is 2. The van der Waals surface area contributed by atoms with Crippen LogP contribution in [0, 0.1) is 12.8 Å². The minimum atomic E-state index is 0.497. The van der Waals surface area contributed by atoms with Gasteiger partial charge in [-0.1, -0.05) is 12.1 Å². The zero-order chi connectivity index (χ0) is 18.2. The van der Waals surface area contributed by atoms with Crippen molar-refractivity contribution in [3.8, 4) is 5.75 Å². The molecule has 1 aliphatic rings. The first kappa shape index (κ1) is 18.7. The predicted molar refractivity (Wildman–Crippen MR) is 107 cm³/mol. The second kappa shape index (κ2) is 9.59. The van der Waals surface area contributed by atoms with E-state index in [4.69, 9.17) is 9.47 Å². The van der Waals surface area contributed by atoms with Crippen molar-refractivity contribution < 1.29 is 9.47 Å². The van der Waals surface area contributed by atoms with Gasteiger partial charge in [0.25, 0.3) is 0 Å². The molecule has 0 aliphatic carbocycles. The summed E-state index contributed by atoms with van der Waals surface area (Å²) < 4.78 is 11.5. The molecule has 1 aromatic heterocycles. The Kier molecular flexibility index (Phi) is 6.91. The van der Waals surface area contributed by atoms with Crippen LogP contribution in [0.3, 0.4) is 0 Å². The number of nitrogens with zero attached hydrogens (tertiary/aromatic N) is 1. The number of aryl methyl sites for hydroxylation is 1. The van der Waals surface area contributed by atoms with E-state index in [0.29, 0.717) is 19.1 Å². The Morgan fingerprint density at radius 2 is 2.19 bits per heavy atom. The molecule has 2 aromatic rings. The largest absolute Gasteiger partial charge is 0.493 e. The third-order valence-corrected chi connectivity index (χ3v) is 5.16. The average molecular weight is 374 g/mol. The average Bonchev–Trinajstić information content (AvgIpc) is 3.35. The molecule has 2 N–H and O–H groups in total. The van der Waals surface area contributed by atoms with E-state index in [-0.39, 0.29) is 0 Å². The standard InChI is InChI=1S/C20H27N3O2S/c1-15-3-4-18(19(9-15)25-13-17-5-7-24-12-17)11-23-20(21-2)22-10-16-6-8-26-14-16/h3-4,6,8-9,14,17H,5,7,10-13H2,1-2H3,(H2,21,22,23). The molecule has 140 valence electrons. The zero-order valence-corrected chi connectivity index (χ0v) is 16.3. The van der Waals surface area contributed by atoms with Crippen molar-refractivity contribution in [1.29, 1.82) is 0 Å². The summed E-state index contributed by atoms with van der Waals surface area (Å²) in [5.74, 6) is 2.22. The Morgan fingerprint density at radius 1 is 1.31 bits per heavy atom. The van der Waals surface area contributed by atoms with Gasteiger partial charge < -0.3 is 20.1 Å². The van der Waals surface area contributed by atoms with Crippen molar-refractivity contribution in [1.82, 2.24) is 10.6 Å². The van der Waals surface area contributed by atoms with Crippen molar-refractivity contribution in [2.45, 2.75) is 26.4 Å². The lowest BCUT2D eigenvalue weighted by atomic mass is 10.1. The number of rotatable bonds is 7. The number of hydrogen-bond acceptors (Lipinski definition) is 4. The van der Waals surface area contributed by atoms with Gasteiger partial charge in [-0.2, -0.15) is 11.3 Å². The van der Waals surface area contributed by atoms with Crippen LogP contribution in [-0.4, -0.2) is 32.8 Å². The van der Waals surface area contributed by atoms with Crippen LogP contribution in [0.5, 0.6) is 5.75 Å². The van der Waals surface area contributed by atoms with E-state index in [1.54, 1.807) is 18.4 Å². The number of nitrogens with one attached hydrogen (secondary N) is 2. The smallest absolute Gasteiger partial charge is 0.191 e. The van der Waals surface area contributed by atoms with E-state index in [1.807, 2.05) is 0 Å². The van der Waals surface area contributed by atoms with Gasteiger partial charge in [0.15, 0.2) is 5.96 Å². The van der Waals surface area contributed by atoms with Crippen molar-refractivity contribution in [2.75, 3.05) is 26.9 Å². The number of thiophene rings is 1. The van der Waals surface area contributed by atoms with Crippen LogP contribution in [0.25, 0.3) is 0 Å². The van der Waals surface area contributed by atoms with Gasteiger partial charge in [0.2, 0.25) is 0 Å². The topological polar surface area (TPSA) is 54.9 Å². The van der Waals surface area contributed by atoms with Crippen LogP contribution < -0.4 is 15.4 Å². The minimum absolute atomic E-state index is 0.497. The van der Waals surface area contributed by atoms with Crippen molar-refractivity contribution >= 4 is 17.3 Å². The Labute approximate surface area is 159 Å². The van der Waals surface area contributed by atoms with Gasteiger partial charge in [0.05, 0.1) is 13.2 Å². The molecule has 1 fully saturated rings. The molecule has 2 heterocycles. The lowest BCUT2D eigenvalue weighted by Gasteiger charge is -2.17. The fourth-order valence-corrected chi connectivity index (χ4v) is 3.51. The highest BCUT2D eigenvalue weighted by atomic mass is 32.1. The number of benzene rings is 1. The Hall–Kier alpha value is -2.05. The van der Waals surface area contributed by atoms with Crippen LogP contribution in [0.1, 0.15) is 23.1 Å². The van der Waals surface area contributed by atoms with Gasteiger partial charge in [0.1, 0.15) is 5.75 Å². The minimum Gasteiger partial charge on any atom is -0.493 e. The summed E-state index contributed by atoms with van der Waals surface area (Å²) >= 11 is 1.70. The van der Waals surface area contributed by atoms with Crippen LogP contribution in [0.4, 0.5) is 0 Å². The van der Waals surface area contributed by atoms with E-state index in [2.05, 4.69) is 57.6 Å². The molecule has 1 unspecified atom stereocenters. The molecular formula is C20H27N3O2S. The molecule has 0 amide bonds. The third kappa shape index (κ3) is 5.47. The molecule has 1 aliphatic heterocycles. The summed E-state index contributed by atoms with van der Waals surface area (Å²) in [6.07, 6.45) is 1.08. The first-order valence-electron chi connectivity index (χ1n) is 9.00. The monoisotopic (exact) mass is 373 g/mol. The highest BCUT2D eigenvalue weighted by Crippen LogP contribution is 2.22. The summed E-state index contributed by atoms with van der Waals surface area (Å²) in [5, 5.41) is 10.9. The van der Waals surface area contributed by atoms with E-state index >= 15 is 0 Å². The first-order chi connectivity index (χ1) is 12.7. The van der Waals surface area contributed by atoms with Gasteiger partial charge in [0, 0.05) is 38.2 Å².